The van der Waals surface area contributed by atoms with Crippen molar-refractivity contribution in [2.75, 3.05) is 38.7 Å². The number of aliphatic hydroxyl groups excluding tert-OH is 1. The van der Waals surface area contributed by atoms with Crippen LogP contribution in [-0.2, 0) is 4.74 Å². The number of anilines is 1. The molecular formula is C33H55N5O6. The summed E-state index contributed by atoms with van der Waals surface area (Å²) in [5.41, 5.74) is 0.814. The molecule has 4 atom stereocenters. The number of amides is 5. The van der Waals surface area contributed by atoms with Crippen molar-refractivity contribution in [3.63, 3.8) is 0 Å². The van der Waals surface area contributed by atoms with Gasteiger partial charge in [-0.3, -0.25) is 4.79 Å². The van der Waals surface area contributed by atoms with E-state index in [9.17, 15) is 19.5 Å². The maximum Gasteiger partial charge on any atom is 0.319 e. The molecule has 4 N–H and O–H groups in total. The minimum Gasteiger partial charge on any atom is -0.490 e. The van der Waals surface area contributed by atoms with E-state index in [1.54, 1.807) is 42.0 Å². The first kappa shape index (κ1) is 35.4. The van der Waals surface area contributed by atoms with E-state index in [0.717, 1.165) is 44.9 Å². The highest BCUT2D eigenvalue weighted by atomic mass is 16.5. The van der Waals surface area contributed by atoms with Gasteiger partial charge in [0.15, 0.2) is 0 Å². The van der Waals surface area contributed by atoms with Crippen molar-refractivity contribution in [2.24, 2.45) is 5.92 Å². The maximum absolute atomic E-state index is 14.3. The number of benzene rings is 1. The Morgan fingerprint density at radius 1 is 1.07 bits per heavy atom. The van der Waals surface area contributed by atoms with Crippen molar-refractivity contribution in [2.45, 2.75) is 116 Å². The Hall–Kier alpha value is -3.05. The van der Waals surface area contributed by atoms with E-state index in [0.29, 0.717) is 36.7 Å². The third kappa shape index (κ3) is 10.8. The van der Waals surface area contributed by atoms with E-state index in [1.807, 2.05) is 27.7 Å². The number of hydrogen-bond acceptors (Lipinski definition) is 6. The SMILES string of the molecule is CC(C)NC(=O)N(C)C[C@H]1OCCCC[C@@H](C)Oc2ccc(NC(=O)NC3CCCCC3)cc2C(=O)N([C@@H](C)CO)C[C@H]1C. The number of carbonyl (C=O) groups is 3. The van der Waals surface area contributed by atoms with Gasteiger partial charge in [-0.05, 0) is 78.0 Å². The van der Waals surface area contributed by atoms with Crippen LogP contribution in [0.3, 0.4) is 0 Å². The number of rotatable bonds is 7. The highest BCUT2D eigenvalue weighted by Crippen LogP contribution is 2.29. The fraction of sp³-hybridized carbons (Fsp3) is 0.727. The molecule has 0 saturated heterocycles. The van der Waals surface area contributed by atoms with Gasteiger partial charge in [0.25, 0.3) is 5.91 Å². The third-order valence-electron chi connectivity index (χ3n) is 8.46. The highest BCUT2D eigenvalue weighted by Gasteiger charge is 2.31. The summed E-state index contributed by atoms with van der Waals surface area (Å²) in [6.45, 7) is 10.6. The summed E-state index contributed by atoms with van der Waals surface area (Å²) in [4.78, 5) is 43.0. The first-order chi connectivity index (χ1) is 21.0. The first-order valence-corrected chi connectivity index (χ1v) is 16.4. The molecule has 1 aromatic carbocycles. The molecule has 248 valence electrons. The molecule has 11 heteroatoms. The summed E-state index contributed by atoms with van der Waals surface area (Å²) < 4.78 is 12.6. The average molecular weight is 618 g/mol. The molecule has 0 unspecified atom stereocenters. The Bertz CT molecular complexity index is 1080. The third-order valence-corrected chi connectivity index (χ3v) is 8.46. The second-order valence-corrected chi connectivity index (χ2v) is 12.9. The largest absolute Gasteiger partial charge is 0.490 e. The van der Waals surface area contributed by atoms with Gasteiger partial charge >= 0.3 is 12.1 Å². The van der Waals surface area contributed by atoms with Gasteiger partial charge in [-0.15, -0.1) is 0 Å². The lowest BCUT2D eigenvalue weighted by Gasteiger charge is -2.36. The number of nitrogens with zero attached hydrogens (tertiary/aromatic N) is 2. The molecular weight excluding hydrogens is 562 g/mol. The lowest BCUT2D eigenvalue weighted by Crippen LogP contribution is -2.49. The van der Waals surface area contributed by atoms with E-state index in [2.05, 4.69) is 16.0 Å². The predicted molar refractivity (Wildman–Crippen MR) is 172 cm³/mol. The standard InChI is InChI=1S/C33H55N5O6/c1-22(2)34-33(42)37(6)20-30-23(3)19-38(24(4)21-39)31(40)28-18-27(36-32(41)35-26-13-8-7-9-14-26)15-16-29(28)44-25(5)12-10-11-17-43-30/h15-16,18,22-26,30,39H,7-14,17,19-21H2,1-6H3,(H,34,42)(H2,35,36,41)/t23-,24+,25-,30-/m1/s1. The smallest absolute Gasteiger partial charge is 0.319 e. The van der Waals surface area contributed by atoms with Crippen LogP contribution in [-0.4, -0.2) is 96.6 Å². The lowest BCUT2D eigenvalue weighted by atomic mass is 9.96. The average Bonchev–Trinajstić information content (AvgIpc) is 2.98. The molecule has 0 aromatic heterocycles. The Labute approximate surface area is 263 Å². The van der Waals surface area contributed by atoms with Gasteiger partial charge < -0.3 is 40.3 Å². The summed E-state index contributed by atoms with van der Waals surface area (Å²) in [6.07, 6.45) is 7.36. The number of fused-ring (bicyclic) bond motifs is 1. The van der Waals surface area contributed by atoms with Crippen LogP contribution in [0.1, 0.15) is 96.3 Å². The van der Waals surface area contributed by atoms with Crippen molar-refractivity contribution >= 4 is 23.7 Å². The van der Waals surface area contributed by atoms with E-state index < -0.39 is 6.04 Å². The van der Waals surface area contributed by atoms with Gasteiger partial charge in [0, 0.05) is 50.4 Å². The van der Waals surface area contributed by atoms with Gasteiger partial charge in [-0.25, -0.2) is 9.59 Å². The van der Waals surface area contributed by atoms with E-state index in [1.165, 1.54) is 6.42 Å². The van der Waals surface area contributed by atoms with Crippen molar-refractivity contribution < 1.29 is 29.0 Å². The molecule has 0 radical (unpaired) electrons. The minimum absolute atomic E-state index is 0.00722. The number of aliphatic hydroxyl groups is 1. The molecule has 44 heavy (non-hydrogen) atoms. The molecule has 1 aromatic rings. The molecule has 5 amide bonds. The number of ether oxygens (including phenoxy) is 2. The van der Waals surface area contributed by atoms with Crippen LogP contribution in [0.4, 0.5) is 15.3 Å². The number of carbonyl (C=O) groups excluding carboxylic acids is 3. The Morgan fingerprint density at radius 3 is 2.45 bits per heavy atom. The topological polar surface area (TPSA) is 132 Å². The molecule has 1 saturated carbocycles. The fourth-order valence-corrected chi connectivity index (χ4v) is 5.77. The van der Waals surface area contributed by atoms with Crippen LogP contribution in [0.5, 0.6) is 5.75 Å². The molecule has 1 heterocycles. The van der Waals surface area contributed by atoms with Crippen LogP contribution < -0.4 is 20.7 Å². The van der Waals surface area contributed by atoms with Crippen LogP contribution in [0, 0.1) is 5.92 Å². The van der Waals surface area contributed by atoms with Crippen molar-refractivity contribution in [1.82, 2.24) is 20.4 Å². The molecule has 1 fully saturated rings. The van der Waals surface area contributed by atoms with Gasteiger partial charge in [0.2, 0.25) is 0 Å². The monoisotopic (exact) mass is 617 g/mol. The zero-order chi connectivity index (χ0) is 32.2. The number of hydrogen-bond donors (Lipinski definition) is 4. The molecule has 1 aliphatic carbocycles. The normalized spacial score (nSPS) is 23.1. The number of urea groups is 2. The van der Waals surface area contributed by atoms with Crippen LogP contribution in [0.25, 0.3) is 0 Å². The van der Waals surface area contributed by atoms with Crippen LogP contribution in [0.15, 0.2) is 18.2 Å². The minimum atomic E-state index is -0.489. The molecule has 3 rings (SSSR count). The lowest BCUT2D eigenvalue weighted by molar-refractivity contribution is -0.0122. The summed E-state index contributed by atoms with van der Waals surface area (Å²) in [7, 11) is 1.74. The van der Waals surface area contributed by atoms with Crippen molar-refractivity contribution in [3.05, 3.63) is 23.8 Å². The first-order valence-electron chi connectivity index (χ1n) is 16.4. The number of nitrogens with one attached hydrogen (secondary N) is 3. The van der Waals surface area contributed by atoms with E-state index in [-0.39, 0.29) is 54.8 Å². The molecule has 11 nitrogen and oxygen atoms in total. The zero-order valence-electron chi connectivity index (χ0n) is 27.6. The van der Waals surface area contributed by atoms with Gasteiger partial charge in [-0.2, -0.15) is 0 Å². The quantitative estimate of drug-likeness (QED) is 0.341. The summed E-state index contributed by atoms with van der Waals surface area (Å²) in [6, 6.07) is 4.36. The highest BCUT2D eigenvalue weighted by molar-refractivity contribution is 5.99. The van der Waals surface area contributed by atoms with Crippen LogP contribution >= 0.6 is 0 Å². The van der Waals surface area contributed by atoms with Gasteiger partial charge in [0.05, 0.1) is 30.4 Å². The fourth-order valence-electron chi connectivity index (χ4n) is 5.77. The second kappa shape index (κ2) is 17.4. The summed E-state index contributed by atoms with van der Waals surface area (Å²) in [5, 5.41) is 19.0. The summed E-state index contributed by atoms with van der Waals surface area (Å²) in [5.74, 6) is -0.0202. The van der Waals surface area contributed by atoms with Crippen molar-refractivity contribution in [3.8, 4) is 5.75 Å². The van der Waals surface area contributed by atoms with E-state index in [4.69, 9.17) is 9.47 Å². The Balaban J connectivity index is 1.88. The molecule has 0 spiro atoms. The second-order valence-electron chi connectivity index (χ2n) is 12.9. The predicted octanol–water partition coefficient (Wildman–Crippen LogP) is 4.99. The number of likely N-dealkylation sites (N-methyl/N-ethyl adjacent to an activating group) is 1. The zero-order valence-corrected chi connectivity index (χ0v) is 27.6. The van der Waals surface area contributed by atoms with E-state index >= 15 is 0 Å². The summed E-state index contributed by atoms with van der Waals surface area (Å²) >= 11 is 0. The van der Waals surface area contributed by atoms with Gasteiger partial charge in [0.1, 0.15) is 5.75 Å². The Morgan fingerprint density at radius 2 is 1.77 bits per heavy atom. The van der Waals surface area contributed by atoms with Gasteiger partial charge in [-0.1, -0.05) is 26.2 Å². The van der Waals surface area contributed by atoms with Crippen molar-refractivity contribution in [1.29, 1.82) is 0 Å². The molecule has 2 aliphatic rings. The maximum atomic E-state index is 14.3. The molecule has 0 bridgehead atoms. The van der Waals surface area contributed by atoms with Crippen LogP contribution in [0.2, 0.25) is 0 Å². The molecule has 1 aliphatic heterocycles. The Kier molecular flexibility index (Phi) is 14.0.